The van der Waals surface area contributed by atoms with Crippen molar-refractivity contribution in [3.8, 4) is 0 Å². The van der Waals surface area contributed by atoms with E-state index in [2.05, 4.69) is 29.4 Å². The average molecular weight is 547 g/mol. The van der Waals surface area contributed by atoms with Gasteiger partial charge in [-0.1, -0.05) is 66.7 Å². The average Bonchev–Trinajstić information content (AvgIpc) is 2.96. The molecule has 3 atom stereocenters. The summed E-state index contributed by atoms with van der Waals surface area (Å²) < 4.78 is 12.9. The van der Waals surface area contributed by atoms with E-state index in [0.29, 0.717) is 24.9 Å². The van der Waals surface area contributed by atoms with E-state index in [-0.39, 0.29) is 37.6 Å². The molecule has 212 valence electrons. The Morgan fingerprint density at radius 3 is 2.23 bits per heavy atom. The summed E-state index contributed by atoms with van der Waals surface area (Å²) in [6.45, 7) is 1.54. The fourth-order valence-corrected chi connectivity index (χ4v) is 4.85. The Kier molecular flexibility index (Phi) is 10.8. The number of aliphatic carboxylic acids is 1. The zero-order chi connectivity index (χ0) is 28.3. The fraction of sp³-hybridized carbons (Fsp3) is 0.375. The number of unbranched alkanes of at least 4 members (excludes halogenated alkanes) is 1. The van der Waals surface area contributed by atoms with Crippen LogP contribution < -0.4 is 5.32 Å². The van der Waals surface area contributed by atoms with E-state index < -0.39 is 12.3 Å². The van der Waals surface area contributed by atoms with Crippen molar-refractivity contribution in [2.45, 2.75) is 63.8 Å². The monoisotopic (exact) mass is 546 g/mol. The zero-order valence-corrected chi connectivity index (χ0v) is 22.9. The van der Waals surface area contributed by atoms with Crippen LogP contribution >= 0.6 is 0 Å². The molecule has 1 saturated heterocycles. The number of hydrogen-bond donors (Lipinski definition) is 3. The highest BCUT2D eigenvalue weighted by atomic mass is 16.7. The van der Waals surface area contributed by atoms with Gasteiger partial charge in [-0.05, 0) is 48.7 Å². The van der Waals surface area contributed by atoms with E-state index in [1.165, 1.54) is 5.56 Å². The molecule has 1 aliphatic heterocycles. The highest BCUT2D eigenvalue weighted by molar-refractivity contribution is 5.90. The second kappa shape index (κ2) is 14.7. The number of aliphatic hydroxyl groups is 1. The molecule has 0 unspecified atom stereocenters. The molecule has 0 bridgehead atoms. The van der Waals surface area contributed by atoms with Crippen molar-refractivity contribution in [2.75, 3.05) is 18.9 Å². The molecule has 3 aromatic carbocycles. The third-order valence-corrected chi connectivity index (χ3v) is 6.94. The number of nitrogens with zero attached hydrogens (tertiary/aromatic N) is 1. The van der Waals surface area contributed by atoms with Gasteiger partial charge in [-0.2, -0.15) is 0 Å². The van der Waals surface area contributed by atoms with Gasteiger partial charge in [-0.25, -0.2) is 0 Å². The van der Waals surface area contributed by atoms with Crippen LogP contribution in [0.1, 0.15) is 66.8 Å². The van der Waals surface area contributed by atoms with Crippen LogP contribution in [0.2, 0.25) is 0 Å². The van der Waals surface area contributed by atoms with E-state index in [1.807, 2.05) is 66.7 Å². The van der Waals surface area contributed by atoms with E-state index >= 15 is 0 Å². The van der Waals surface area contributed by atoms with Gasteiger partial charge in [0.05, 0.1) is 18.8 Å². The summed E-state index contributed by atoms with van der Waals surface area (Å²) in [6, 6.07) is 25.6. The van der Waals surface area contributed by atoms with Crippen LogP contribution in [0.15, 0.2) is 78.9 Å². The van der Waals surface area contributed by atoms with E-state index in [4.69, 9.17) is 14.6 Å². The number of aliphatic hydroxyl groups excluding tert-OH is 1. The second-order valence-corrected chi connectivity index (χ2v) is 10.3. The molecule has 3 aromatic rings. The Morgan fingerprint density at radius 2 is 1.55 bits per heavy atom. The maximum atomic E-state index is 12.2. The van der Waals surface area contributed by atoms with Crippen LogP contribution in [0.3, 0.4) is 0 Å². The number of nitrogens with one attached hydrogen (secondary N) is 1. The first kappa shape index (κ1) is 29.4. The first-order valence-corrected chi connectivity index (χ1v) is 13.7. The molecular formula is C32H38N2O6. The summed E-state index contributed by atoms with van der Waals surface area (Å²) in [5.41, 5.74) is 4.65. The Balaban J connectivity index is 1.41. The van der Waals surface area contributed by atoms with Crippen molar-refractivity contribution >= 4 is 17.6 Å². The molecule has 1 heterocycles. The van der Waals surface area contributed by atoms with Crippen LogP contribution in [-0.4, -0.2) is 46.7 Å². The maximum absolute atomic E-state index is 12.2. The number of hydrogen-bond acceptors (Lipinski definition) is 6. The van der Waals surface area contributed by atoms with Gasteiger partial charge in [0.2, 0.25) is 5.91 Å². The zero-order valence-electron chi connectivity index (χ0n) is 22.9. The smallest absolute Gasteiger partial charge is 0.303 e. The minimum Gasteiger partial charge on any atom is -0.481 e. The van der Waals surface area contributed by atoms with Crippen LogP contribution in [0.5, 0.6) is 0 Å². The third kappa shape index (κ3) is 8.99. The molecule has 0 saturated carbocycles. The van der Waals surface area contributed by atoms with Crippen LogP contribution in [0.25, 0.3) is 0 Å². The number of benzene rings is 3. The number of anilines is 1. The molecule has 1 aliphatic rings. The van der Waals surface area contributed by atoms with Gasteiger partial charge in [0.25, 0.3) is 0 Å². The van der Waals surface area contributed by atoms with Crippen molar-refractivity contribution in [2.24, 2.45) is 0 Å². The Labute approximate surface area is 235 Å². The predicted molar refractivity (Wildman–Crippen MR) is 152 cm³/mol. The Hall–Kier alpha value is -3.56. The largest absolute Gasteiger partial charge is 0.481 e. The number of carbonyl (C=O) groups is 2. The number of ether oxygens (including phenoxy) is 2. The third-order valence-electron chi connectivity index (χ3n) is 6.94. The summed E-state index contributed by atoms with van der Waals surface area (Å²) in [6.07, 6.45) is 1.23. The molecule has 0 radical (unpaired) electrons. The number of likely N-dealkylation sites (N-methyl/N-ethyl adjacent to an activating group) is 1. The first-order valence-electron chi connectivity index (χ1n) is 13.7. The van der Waals surface area contributed by atoms with Crippen molar-refractivity contribution in [1.29, 1.82) is 0 Å². The standard InChI is InChI=1S/C32H38N2O6/c1-34(20-23-7-3-2-4-8-23)21-28-19-29(25-13-11-24(22-35)12-14-25)40-32(39-28)26-15-17-27(18-16-26)33-30(36)9-5-6-10-31(37)38/h2-4,7-8,11-18,28-29,32,35H,5-6,9-10,19-22H2,1H3,(H,33,36)(H,37,38)/t28-,29+,32+/m0/s1. The topological polar surface area (TPSA) is 108 Å². The van der Waals surface area contributed by atoms with Crippen LogP contribution in [-0.2, 0) is 32.2 Å². The molecular weight excluding hydrogens is 508 g/mol. The molecule has 0 aromatic heterocycles. The van der Waals surface area contributed by atoms with Crippen LogP contribution in [0.4, 0.5) is 5.69 Å². The first-order chi connectivity index (χ1) is 19.4. The summed E-state index contributed by atoms with van der Waals surface area (Å²) in [5.74, 6) is -0.992. The van der Waals surface area contributed by atoms with Gasteiger partial charge in [0.1, 0.15) is 0 Å². The lowest BCUT2D eigenvalue weighted by atomic mass is 9.99. The number of rotatable bonds is 13. The quantitative estimate of drug-likeness (QED) is 0.245. The van der Waals surface area contributed by atoms with E-state index in [0.717, 1.165) is 29.8 Å². The second-order valence-electron chi connectivity index (χ2n) is 10.3. The lowest BCUT2D eigenvalue weighted by Gasteiger charge is -2.38. The number of amides is 1. The van der Waals surface area contributed by atoms with Gasteiger partial charge in [0.15, 0.2) is 6.29 Å². The van der Waals surface area contributed by atoms with Gasteiger partial charge >= 0.3 is 5.97 Å². The van der Waals surface area contributed by atoms with Crippen molar-refractivity contribution < 1.29 is 29.3 Å². The summed E-state index contributed by atoms with van der Waals surface area (Å²) in [5, 5.41) is 21.0. The minimum atomic E-state index is -0.849. The van der Waals surface area contributed by atoms with Gasteiger partial charge < -0.3 is 25.0 Å². The Morgan fingerprint density at radius 1 is 0.875 bits per heavy atom. The van der Waals surface area contributed by atoms with Gasteiger partial charge in [0, 0.05) is 43.6 Å². The molecule has 8 nitrogen and oxygen atoms in total. The fourth-order valence-electron chi connectivity index (χ4n) is 4.85. The summed E-state index contributed by atoms with van der Waals surface area (Å²) in [7, 11) is 2.09. The normalized spacial score (nSPS) is 18.9. The molecule has 1 amide bonds. The van der Waals surface area contributed by atoms with Crippen LogP contribution in [0, 0.1) is 0 Å². The number of carboxylic acid groups (broad SMARTS) is 1. The molecule has 40 heavy (non-hydrogen) atoms. The lowest BCUT2D eigenvalue weighted by molar-refractivity contribution is -0.252. The van der Waals surface area contributed by atoms with E-state index in [1.54, 1.807) is 0 Å². The summed E-state index contributed by atoms with van der Waals surface area (Å²) in [4.78, 5) is 25.1. The van der Waals surface area contributed by atoms with Gasteiger partial charge in [-0.3, -0.25) is 14.5 Å². The molecule has 0 spiro atoms. The van der Waals surface area contributed by atoms with Crippen molar-refractivity contribution in [3.05, 3.63) is 101 Å². The van der Waals surface area contributed by atoms with Crippen molar-refractivity contribution in [1.82, 2.24) is 4.90 Å². The molecule has 3 N–H and O–H groups in total. The van der Waals surface area contributed by atoms with E-state index in [9.17, 15) is 14.7 Å². The highest BCUT2D eigenvalue weighted by Gasteiger charge is 2.32. The maximum Gasteiger partial charge on any atom is 0.303 e. The molecule has 8 heteroatoms. The number of carbonyl (C=O) groups excluding carboxylic acids is 1. The summed E-state index contributed by atoms with van der Waals surface area (Å²) >= 11 is 0. The lowest BCUT2D eigenvalue weighted by Crippen LogP contribution is -2.37. The van der Waals surface area contributed by atoms with Gasteiger partial charge in [-0.15, -0.1) is 0 Å². The molecule has 1 fully saturated rings. The van der Waals surface area contributed by atoms with Crippen molar-refractivity contribution in [3.63, 3.8) is 0 Å². The molecule has 0 aliphatic carbocycles. The highest BCUT2D eigenvalue weighted by Crippen LogP contribution is 2.38. The number of carboxylic acids is 1. The Bertz CT molecular complexity index is 1220. The predicted octanol–water partition coefficient (Wildman–Crippen LogP) is 5.44. The minimum absolute atomic E-state index is 0.00430. The SMILES string of the molecule is CN(Cc1ccccc1)C[C@@H]1C[C@H](c2ccc(CO)cc2)O[C@H](c2ccc(NC(=O)CCCCC(=O)O)cc2)O1. The molecule has 4 rings (SSSR count).